The molecule has 0 saturated carbocycles. The molecule has 0 spiro atoms. The van der Waals surface area contributed by atoms with Crippen LogP contribution in [0.4, 0.5) is 0 Å². The summed E-state index contributed by atoms with van der Waals surface area (Å²) in [4.78, 5) is 6.68. The maximum absolute atomic E-state index is 6.01. The van der Waals surface area contributed by atoms with E-state index in [9.17, 15) is 0 Å². The first-order valence-electron chi connectivity index (χ1n) is 9.60. The average Bonchev–Trinajstić information content (AvgIpc) is 3.07. The molecule has 140 valence electrons. The molecule has 1 unspecified atom stereocenters. The number of hydrogen-bond acceptors (Lipinski definition) is 4. The summed E-state index contributed by atoms with van der Waals surface area (Å²) in [5.41, 5.74) is 3.80. The summed E-state index contributed by atoms with van der Waals surface area (Å²) in [5.74, 6) is 0.429. The van der Waals surface area contributed by atoms with Crippen molar-refractivity contribution in [2.75, 3.05) is 19.7 Å². The Morgan fingerprint density at radius 1 is 0.963 bits per heavy atom. The van der Waals surface area contributed by atoms with E-state index in [1.807, 2.05) is 18.5 Å². The van der Waals surface area contributed by atoms with E-state index in [-0.39, 0.29) is 0 Å². The van der Waals surface area contributed by atoms with Crippen LogP contribution in [-0.4, -0.2) is 39.4 Å². The highest BCUT2D eigenvalue weighted by Crippen LogP contribution is 2.17. The minimum absolute atomic E-state index is 0.429. The lowest BCUT2D eigenvalue weighted by molar-refractivity contribution is 0.0669. The van der Waals surface area contributed by atoms with Gasteiger partial charge in [-0.15, -0.1) is 0 Å². The normalized spacial score (nSPS) is 17.4. The van der Waals surface area contributed by atoms with Gasteiger partial charge in [-0.1, -0.05) is 36.4 Å². The van der Waals surface area contributed by atoms with Gasteiger partial charge in [0, 0.05) is 50.7 Å². The molecule has 4 rings (SSSR count). The summed E-state index contributed by atoms with van der Waals surface area (Å²) >= 11 is 0. The first kappa shape index (κ1) is 17.9. The van der Waals surface area contributed by atoms with Gasteiger partial charge in [0.15, 0.2) is 0 Å². The van der Waals surface area contributed by atoms with Crippen LogP contribution in [0.2, 0.25) is 0 Å². The molecule has 0 fully saturated rings. The number of hydrogen-bond donors (Lipinski definition) is 0. The summed E-state index contributed by atoms with van der Waals surface area (Å²) < 4.78 is 8.15. The second-order valence-corrected chi connectivity index (χ2v) is 7.22. The Hall–Kier alpha value is -2.50. The van der Waals surface area contributed by atoms with Crippen LogP contribution < -0.4 is 0 Å². The van der Waals surface area contributed by atoms with Crippen molar-refractivity contribution in [1.29, 1.82) is 0 Å². The van der Waals surface area contributed by atoms with Gasteiger partial charge in [0.05, 0.1) is 18.9 Å². The molecule has 0 amide bonds. The number of ether oxygens (including phenoxy) is 1. The summed E-state index contributed by atoms with van der Waals surface area (Å²) in [7, 11) is 0. The largest absolute Gasteiger partial charge is 0.376 e. The van der Waals surface area contributed by atoms with Crippen molar-refractivity contribution in [3.05, 3.63) is 83.9 Å². The third-order valence-electron chi connectivity index (χ3n) is 5.04. The maximum Gasteiger partial charge on any atom is 0.0731 e. The van der Waals surface area contributed by atoms with Gasteiger partial charge in [-0.2, -0.15) is 5.10 Å². The highest BCUT2D eigenvalue weighted by atomic mass is 16.5. The third kappa shape index (κ3) is 5.02. The maximum atomic E-state index is 6.01. The van der Waals surface area contributed by atoms with Crippen LogP contribution in [0.3, 0.4) is 0 Å². The number of aromatic nitrogens is 3. The quantitative estimate of drug-likeness (QED) is 0.647. The van der Waals surface area contributed by atoms with Crippen LogP contribution in [0.15, 0.2) is 67.1 Å². The first-order chi connectivity index (χ1) is 13.4. The minimum atomic E-state index is 0.429. The Bertz CT molecular complexity index is 819. The number of fused-ring (bicyclic) bond motifs is 1. The molecule has 27 heavy (non-hydrogen) atoms. The zero-order chi connectivity index (χ0) is 18.3. The van der Waals surface area contributed by atoms with Gasteiger partial charge in [0.2, 0.25) is 0 Å². The Kier molecular flexibility index (Phi) is 5.92. The van der Waals surface area contributed by atoms with Gasteiger partial charge in [0.25, 0.3) is 0 Å². The number of rotatable bonds is 7. The molecule has 1 aliphatic heterocycles. The Balaban J connectivity index is 1.36. The molecule has 1 atom stereocenters. The van der Waals surface area contributed by atoms with E-state index in [0.29, 0.717) is 12.5 Å². The minimum Gasteiger partial charge on any atom is -0.376 e. The van der Waals surface area contributed by atoms with Crippen molar-refractivity contribution in [2.24, 2.45) is 5.92 Å². The molecule has 3 aromatic rings. The van der Waals surface area contributed by atoms with Crippen molar-refractivity contribution < 1.29 is 4.74 Å². The van der Waals surface area contributed by atoms with Gasteiger partial charge in [-0.25, -0.2) is 0 Å². The van der Waals surface area contributed by atoms with Crippen molar-refractivity contribution in [3.63, 3.8) is 0 Å². The molecule has 1 aromatic carbocycles. The van der Waals surface area contributed by atoms with Crippen LogP contribution in [0.5, 0.6) is 0 Å². The Morgan fingerprint density at radius 3 is 2.70 bits per heavy atom. The number of benzene rings is 1. The van der Waals surface area contributed by atoms with E-state index in [1.54, 1.807) is 6.20 Å². The smallest absolute Gasteiger partial charge is 0.0731 e. The highest BCUT2D eigenvalue weighted by Gasteiger charge is 2.22. The fourth-order valence-corrected chi connectivity index (χ4v) is 3.65. The lowest BCUT2D eigenvalue weighted by Gasteiger charge is -2.24. The van der Waals surface area contributed by atoms with Gasteiger partial charge in [-0.3, -0.25) is 14.6 Å². The molecule has 0 saturated heterocycles. The SMILES string of the molecule is c1ccc(CCN2Cc3ccnn3CC(COCc3cccnc3)C2)cc1. The molecule has 0 bridgehead atoms. The fraction of sp³-hybridized carbons (Fsp3) is 0.364. The predicted molar refractivity (Wildman–Crippen MR) is 105 cm³/mol. The third-order valence-corrected chi connectivity index (χ3v) is 5.04. The van der Waals surface area contributed by atoms with Crippen LogP contribution in [-0.2, 0) is 30.9 Å². The number of nitrogens with zero attached hydrogens (tertiary/aromatic N) is 4. The van der Waals surface area contributed by atoms with E-state index in [2.05, 4.69) is 62.1 Å². The van der Waals surface area contributed by atoms with Crippen LogP contribution in [0.1, 0.15) is 16.8 Å². The summed E-state index contributed by atoms with van der Waals surface area (Å²) in [5, 5.41) is 4.51. The van der Waals surface area contributed by atoms with Gasteiger partial charge in [-0.05, 0) is 29.7 Å². The molecule has 1 aliphatic rings. The second kappa shape index (κ2) is 8.93. The Labute approximate surface area is 160 Å². The van der Waals surface area contributed by atoms with E-state index >= 15 is 0 Å². The standard InChI is InChI=1S/C22H26N4O/c1-2-5-19(6-3-1)9-12-25-14-21(15-26-22(16-25)8-11-24-26)18-27-17-20-7-4-10-23-13-20/h1-8,10-11,13,21H,9,12,14-18H2. The van der Waals surface area contributed by atoms with Crippen molar-refractivity contribution >= 4 is 0 Å². The average molecular weight is 362 g/mol. The van der Waals surface area contributed by atoms with Crippen LogP contribution >= 0.6 is 0 Å². The van der Waals surface area contributed by atoms with Gasteiger partial charge < -0.3 is 4.74 Å². The van der Waals surface area contributed by atoms with Gasteiger partial charge in [0.1, 0.15) is 0 Å². The zero-order valence-electron chi connectivity index (χ0n) is 15.6. The topological polar surface area (TPSA) is 43.2 Å². The predicted octanol–water partition coefficient (Wildman–Crippen LogP) is 3.17. The molecule has 5 heteroatoms. The van der Waals surface area contributed by atoms with Crippen molar-refractivity contribution in [2.45, 2.75) is 26.1 Å². The molecule has 0 N–H and O–H groups in total. The summed E-state index contributed by atoms with van der Waals surface area (Å²) in [6.07, 6.45) is 6.63. The first-order valence-corrected chi connectivity index (χ1v) is 9.60. The van der Waals surface area contributed by atoms with Crippen molar-refractivity contribution in [3.8, 4) is 0 Å². The lowest BCUT2D eigenvalue weighted by atomic mass is 10.1. The molecule has 2 aromatic heterocycles. The molecule has 5 nitrogen and oxygen atoms in total. The van der Waals surface area contributed by atoms with Crippen molar-refractivity contribution in [1.82, 2.24) is 19.7 Å². The summed E-state index contributed by atoms with van der Waals surface area (Å²) in [6.45, 7) is 5.29. The van der Waals surface area contributed by atoms with E-state index in [0.717, 1.165) is 44.8 Å². The fourth-order valence-electron chi connectivity index (χ4n) is 3.65. The highest BCUT2D eigenvalue weighted by molar-refractivity contribution is 5.15. The Morgan fingerprint density at radius 2 is 1.85 bits per heavy atom. The summed E-state index contributed by atoms with van der Waals surface area (Å²) in [6, 6.07) is 16.8. The molecule has 3 heterocycles. The van der Waals surface area contributed by atoms with E-state index in [4.69, 9.17) is 4.74 Å². The molecule has 0 radical (unpaired) electrons. The van der Waals surface area contributed by atoms with Crippen LogP contribution in [0, 0.1) is 5.92 Å². The number of pyridine rings is 1. The van der Waals surface area contributed by atoms with Crippen LogP contribution in [0.25, 0.3) is 0 Å². The molecular weight excluding hydrogens is 336 g/mol. The monoisotopic (exact) mass is 362 g/mol. The van der Waals surface area contributed by atoms with E-state index < -0.39 is 0 Å². The second-order valence-electron chi connectivity index (χ2n) is 7.22. The molecule has 0 aliphatic carbocycles. The van der Waals surface area contributed by atoms with E-state index in [1.165, 1.54) is 11.3 Å². The zero-order valence-corrected chi connectivity index (χ0v) is 15.6. The molecular formula is C22H26N4O. The lowest BCUT2D eigenvalue weighted by Crippen LogP contribution is -2.32. The van der Waals surface area contributed by atoms with Gasteiger partial charge >= 0.3 is 0 Å².